The summed E-state index contributed by atoms with van der Waals surface area (Å²) in [4.78, 5) is 3.98. The minimum atomic E-state index is -3.93. The normalized spacial score (nSPS) is 23.3. The molecule has 0 amide bonds. The Hall–Kier alpha value is -0.710. The lowest BCUT2D eigenvalue weighted by atomic mass is 10.2. The van der Waals surface area contributed by atoms with Crippen LogP contribution in [0.3, 0.4) is 0 Å². The molecule has 0 aromatic carbocycles. The van der Waals surface area contributed by atoms with E-state index in [4.69, 9.17) is 27.7 Å². The molecule has 11 heteroatoms. The molecule has 3 heterocycles. The second-order valence-corrected chi connectivity index (χ2v) is 8.99. The molecular formula is C11H11Cl2N3O4S2. The van der Waals surface area contributed by atoms with Crippen LogP contribution in [0.4, 0.5) is 0 Å². The van der Waals surface area contributed by atoms with Gasteiger partial charge < -0.3 is 9.63 Å². The Labute approximate surface area is 140 Å². The molecule has 2 aromatic heterocycles. The summed E-state index contributed by atoms with van der Waals surface area (Å²) in [6.07, 6.45) is -0.643. The summed E-state index contributed by atoms with van der Waals surface area (Å²) >= 11 is 12.7. The molecule has 0 spiro atoms. The average Bonchev–Trinajstić information content (AvgIpc) is 3.09. The molecule has 22 heavy (non-hydrogen) atoms. The lowest BCUT2D eigenvalue weighted by Gasteiger charge is -2.20. The van der Waals surface area contributed by atoms with Crippen molar-refractivity contribution < 1.29 is 18.0 Å². The van der Waals surface area contributed by atoms with Crippen LogP contribution in [0.15, 0.2) is 15.5 Å². The van der Waals surface area contributed by atoms with Crippen LogP contribution >= 0.6 is 34.5 Å². The fourth-order valence-electron chi connectivity index (χ4n) is 2.35. The lowest BCUT2D eigenvalue weighted by Crippen LogP contribution is -2.32. The minimum absolute atomic E-state index is 0.0712. The molecule has 120 valence electrons. The van der Waals surface area contributed by atoms with Gasteiger partial charge in [-0.25, -0.2) is 8.42 Å². The van der Waals surface area contributed by atoms with Gasteiger partial charge in [-0.15, -0.1) is 11.3 Å². The fourth-order valence-corrected chi connectivity index (χ4v) is 6.10. The van der Waals surface area contributed by atoms with Crippen LogP contribution in [-0.4, -0.2) is 40.6 Å². The first-order chi connectivity index (χ1) is 10.3. The zero-order valence-electron chi connectivity index (χ0n) is 11.2. The van der Waals surface area contributed by atoms with Gasteiger partial charge in [-0.1, -0.05) is 28.4 Å². The Morgan fingerprint density at radius 2 is 2.23 bits per heavy atom. The van der Waals surface area contributed by atoms with Gasteiger partial charge in [0.05, 0.1) is 10.4 Å². The molecule has 1 aliphatic heterocycles. The van der Waals surface area contributed by atoms with E-state index in [0.29, 0.717) is 5.82 Å². The molecule has 2 aromatic rings. The van der Waals surface area contributed by atoms with E-state index in [2.05, 4.69) is 10.1 Å². The molecule has 0 radical (unpaired) electrons. The second-order valence-electron chi connectivity index (χ2n) is 4.85. The van der Waals surface area contributed by atoms with E-state index in [0.717, 1.165) is 15.6 Å². The topological polar surface area (TPSA) is 96.5 Å². The van der Waals surface area contributed by atoms with Crippen LogP contribution in [0.2, 0.25) is 8.67 Å². The van der Waals surface area contributed by atoms with Gasteiger partial charge in [0.15, 0.2) is 5.82 Å². The Kier molecular flexibility index (Phi) is 4.21. The van der Waals surface area contributed by atoms with Crippen molar-refractivity contribution in [1.29, 1.82) is 0 Å². The molecule has 1 N–H and O–H groups in total. The molecule has 0 bridgehead atoms. The van der Waals surface area contributed by atoms with E-state index in [-0.39, 0.29) is 32.4 Å². The molecule has 1 fully saturated rings. The summed E-state index contributed by atoms with van der Waals surface area (Å²) in [6.45, 7) is 1.56. The summed E-state index contributed by atoms with van der Waals surface area (Å²) in [7, 11) is -3.93. The molecule has 0 aliphatic carbocycles. The first kappa shape index (κ1) is 16.2. The van der Waals surface area contributed by atoms with Gasteiger partial charge in [-0.2, -0.15) is 9.29 Å². The molecule has 2 atom stereocenters. The largest absolute Gasteiger partial charge is 0.392 e. The Bertz CT molecular complexity index is 804. The number of β-amino-alcohol motifs (C(OH)–C–C–N with tert-alkyl or cyclic N) is 1. The van der Waals surface area contributed by atoms with E-state index in [9.17, 15) is 13.5 Å². The number of aliphatic hydroxyl groups is 1. The molecule has 3 rings (SSSR count). The van der Waals surface area contributed by atoms with E-state index >= 15 is 0 Å². The predicted octanol–water partition coefficient (Wildman–Crippen LogP) is 2.24. The fraction of sp³-hybridized carbons (Fsp3) is 0.455. The summed E-state index contributed by atoms with van der Waals surface area (Å²) in [5.41, 5.74) is 0. The van der Waals surface area contributed by atoms with Crippen molar-refractivity contribution >= 4 is 44.6 Å². The number of nitrogens with zero attached hydrogens (tertiary/aromatic N) is 3. The highest BCUT2D eigenvalue weighted by molar-refractivity contribution is 7.89. The van der Waals surface area contributed by atoms with Crippen molar-refractivity contribution in [2.75, 3.05) is 6.54 Å². The van der Waals surface area contributed by atoms with Crippen LogP contribution in [0.1, 0.15) is 24.2 Å². The quantitative estimate of drug-likeness (QED) is 0.872. The Morgan fingerprint density at radius 1 is 1.50 bits per heavy atom. The van der Waals surface area contributed by atoms with E-state index < -0.39 is 22.2 Å². The number of aryl methyl sites for hydroxylation is 1. The molecule has 0 saturated carbocycles. The SMILES string of the molecule is Cc1noc([C@H]2C[C@H](O)CN2S(=O)(=O)c2cc(Cl)sc2Cl)n1. The number of sulfonamides is 1. The van der Waals surface area contributed by atoms with Gasteiger partial charge in [0, 0.05) is 13.0 Å². The zero-order chi connectivity index (χ0) is 16.1. The third-order valence-electron chi connectivity index (χ3n) is 3.27. The zero-order valence-corrected chi connectivity index (χ0v) is 14.4. The maximum atomic E-state index is 12.8. The van der Waals surface area contributed by atoms with E-state index in [1.54, 1.807) is 6.92 Å². The highest BCUT2D eigenvalue weighted by atomic mass is 35.5. The van der Waals surface area contributed by atoms with Crippen molar-refractivity contribution in [3.63, 3.8) is 0 Å². The molecule has 7 nitrogen and oxygen atoms in total. The number of hydrogen-bond acceptors (Lipinski definition) is 7. The van der Waals surface area contributed by atoms with E-state index in [1.807, 2.05) is 0 Å². The van der Waals surface area contributed by atoms with Crippen LogP contribution in [0.5, 0.6) is 0 Å². The standard InChI is InChI=1S/C11H11Cl2N3O4S2/c1-5-14-11(20-15-5)7-2-6(17)4-16(7)22(18,19)8-3-9(12)21-10(8)13/h3,6-7,17H,2,4H2,1H3/t6-,7+/m0/s1. The molecule has 0 unspecified atom stereocenters. The van der Waals surface area contributed by atoms with Crippen molar-refractivity contribution in [3.8, 4) is 0 Å². The van der Waals surface area contributed by atoms with Gasteiger partial charge in [0.1, 0.15) is 15.3 Å². The van der Waals surface area contributed by atoms with Gasteiger partial charge in [0.2, 0.25) is 15.9 Å². The van der Waals surface area contributed by atoms with Crippen molar-refractivity contribution in [2.24, 2.45) is 0 Å². The molecular weight excluding hydrogens is 373 g/mol. The highest BCUT2D eigenvalue weighted by Crippen LogP contribution is 2.41. The third kappa shape index (κ3) is 2.77. The maximum Gasteiger partial charge on any atom is 0.246 e. The molecule has 1 saturated heterocycles. The number of halogens is 2. The number of hydrogen-bond donors (Lipinski definition) is 1. The second kappa shape index (κ2) is 5.73. The van der Waals surface area contributed by atoms with Crippen molar-refractivity contribution in [1.82, 2.24) is 14.4 Å². The third-order valence-corrected chi connectivity index (χ3v) is 6.90. The predicted molar refractivity (Wildman–Crippen MR) is 80.6 cm³/mol. The van der Waals surface area contributed by atoms with Crippen LogP contribution in [0.25, 0.3) is 0 Å². The van der Waals surface area contributed by atoms with Crippen LogP contribution < -0.4 is 0 Å². The number of thiophene rings is 1. The van der Waals surface area contributed by atoms with Crippen molar-refractivity contribution in [3.05, 3.63) is 26.5 Å². The lowest BCUT2D eigenvalue weighted by molar-refractivity contribution is 0.188. The first-order valence-corrected chi connectivity index (χ1v) is 9.25. The monoisotopic (exact) mass is 383 g/mol. The van der Waals surface area contributed by atoms with Crippen LogP contribution in [-0.2, 0) is 10.0 Å². The Morgan fingerprint density at radius 3 is 2.77 bits per heavy atom. The van der Waals surface area contributed by atoms with Crippen molar-refractivity contribution in [2.45, 2.75) is 30.4 Å². The smallest absolute Gasteiger partial charge is 0.246 e. The summed E-state index contributed by atoms with van der Waals surface area (Å²) in [6, 6.07) is 0.570. The number of aromatic nitrogens is 2. The van der Waals surface area contributed by atoms with Crippen LogP contribution in [0, 0.1) is 6.92 Å². The summed E-state index contributed by atoms with van der Waals surface area (Å²) < 4.78 is 32.1. The summed E-state index contributed by atoms with van der Waals surface area (Å²) in [5, 5.41) is 13.5. The summed E-state index contributed by atoms with van der Waals surface area (Å²) in [5.74, 6) is 0.542. The van der Waals surface area contributed by atoms with Gasteiger partial charge >= 0.3 is 0 Å². The van der Waals surface area contributed by atoms with E-state index in [1.165, 1.54) is 6.07 Å². The number of aliphatic hydroxyl groups excluding tert-OH is 1. The highest BCUT2D eigenvalue weighted by Gasteiger charge is 2.44. The number of rotatable bonds is 3. The first-order valence-electron chi connectivity index (χ1n) is 6.24. The minimum Gasteiger partial charge on any atom is -0.392 e. The van der Waals surface area contributed by atoms with Gasteiger partial charge in [0.25, 0.3) is 0 Å². The average molecular weight is 384 g/mol. The Balaban J connectivity index is 2.02. The van der Waals surface area contributed by atoms with Gasteiger partial charge in [-0.05, 0) is 13.0 Å². The molecule has 1 aliphatic rings. The maximum absolute atomic E-state index is 12.8. The van der Waals surface area contributed by atoms with Gasteiger partial charge in [-0.3, -0.25) is 0 Å².